The monoisotopic (exact) mass is 408 g/mol. The highest BCUT2D eigenvalue weighted by Crippen LogP contribution is 2.38. The molecular formula is C19H21ClN2O4S. The Labute approximate surface area is 164 Å². The van der Waals surface area contributed by atoms with E-state index in [1.807, 2.05) is 20.8 Å². The Morgan fingerprint density at radius 2 is 1.93 bits per heavy atom. The minimum atomic E-state index is -3.85. The number of hydrogen-bond donors (Lipinski definition) is 1. The van der Waals surface area contributed by atoms with Crippen LogP contribution in [0.2, 0.25) is 5.02 Å². The molecule has 1 aliphatic rings. The SMILES string of the molecule is CCN1C(=O)C(C)(C)COc2cc(NS(=O)(=O)c3ccccc3Cl)ccc21. The number of halogens is 1. The molecule has 0 radical (unpaired) electrons. The highest BCUT2D eigenvalue weighted by molar-refractivity contribution is 7.92. The van der Waals surface area contributed by atoms with Crippen LogP contribution in [0.3, 0.4) is 0 Å². The summed E-state index contributed by atoms with van der Waals surface area (Å²) in [5, 5.41) is 0.139. The van der Waals surface area contributed by atoms with Crippen molar-refractivity contribution in [3.63, 3.8) is 0 Å². The Balaban J connectivity index is 1.97. The lowest BCUT2D eigenvalue weighted by molar-refractivity contribution is -0.127. The molecule has 0 saturated heterocycles. The van der Waals surface area contributed by atoms with Gasteiger partial charge in [-0.05, 0) is 45.0 Å². The van der Waals surface area contributed by atoms with Crippen molar-refractivity contribution in [3.05, 3.63) is 47.5 Å². The number of benzene rings is 2. The number of amides is 1. The Morgan fingerprint density at radius 1 is 1.22 bits per heavy atom. The van der Waals surface area contributed by atoms with Crippen LogP contribution in [0.1, 0.15) is 20.8 Å². The van der Waals surface area contributed by atoms with Gasteiger partial charge in [-0.2, -0.15) is 0 Å². The Bertz CT molecular complexity index is 989. The summed E-state index contributed by atoms with van der Waals surface area (Å²) in [6.07, 6.45) is 0. The number of fused-ring (bicyclic) bond motifs is 1. The zero-order valence-electron chi connectivity index (χ0n) is 15.3. The molecule has 0 aromatic heterocycles. The van der Waals surface area contributed by atoms with Crippen molar-refractivity contribution < 1.29 is 17.9 Å². The summed E-state index contributed by atoms with van der Waals surface area (Å²) in [5.41, 5.74) is 0.275. The fraction of sp³-hybridized carbons (Fsp3) is 0.316. The van der Waals surface area contributed by atoms with E-state index in [0.717, 1.165) is 0 Å². The first-order chi connectivity index (χ1) is 12.7. The van der Waals surface area contributed by atoms with Gasteiger partial charge in [-0.3, -0.25) is 9.52 Å². The lowest BCUT2D eigenvalue weighted by atomic mass is 9.93. The third-order valence-corrected chi connectivity index (χ3v) is 6.24. The molecule has 2 aromatic rings. The summed E-state index contributed by atoms with van der Waals surface area (Å²) < 4.78 is 33.6. The van der Waals surface area contributed by atoms with E-state index in [2.05, 4.69) is 4.72 Å². The first-order valence-corrected chi connectivity index (χ1v) is 10.4. The molecule has 0 spiro atoms. The number of carbonyl (C=O) groups excluding carboxylic acids is 1. The molecule has 0 fully saturated rings. The van der Waals surface area contributed by atoms with Gasteiger partial charge in [0.25, 0.3) is 10.0 Å². The van der Waals surface area contributed by atoms with Crippen LogP contribution in [0.4, 0.5) is 11.4 Å². The van der Waals surface area contributed by atoms with Gasteiger partial charge in [-0.15, -0.1) is 0 Å². The minimum Gasteiger partial charge on any atom is -0.490 e. The summed E-state index contributed by atoms with van der Waals surface area (Å²) >= 11 is 6.01. The third-order valence-electron chi connectivity index (χ3n) is 4.36. The van der Waals surface area contributed by atoms with Gasteiger partial charge in [0.05, 0.1) is 21.8 Å². The number of carbonyl (C=O) groups is 1. The molecule has 6 nitrogen and oxygen atoms in total. The van der Waals surface area contributed by atoms with Crippen LogP contribution in [0, 0.1) is 5.41 Å². The summed E-state index contributed by atoms with van der Waals surface area (Å²) in [4.78, 5) is 14.4. The molecule has 3 rings (SSSR count). The van der Waals surface area contributed by atoms with E-state index in [1.54, 1.807) is 35.2 Å². The second-order valence-corrected chi connectivity index (χ2v) is 9.00. The van der Waals surface area contributed by atoms with Crippen molar-refractivity contribution in [2.24, 2.45) is 5.41 Å². The Hall–Kier alpha value is -2.25. The largest absolute Gasteiger partial charge is 0.490 e. The number of rotatable bonds is 4. The van der Waals surface area contributed by atoms with Crippen LogP contribution in [0.25, 0.3) is 0 Å². The van der Waals surface area contributed by atoms with Crippen LogP contribution in [-0.4, -0.2) is 27.5 Å². The number of sulfonamides is 1. The zero-order valence-corrected chi connectivity index (χ0v) is 16.9. The van der Waals surface area contributed by atoms with Gasteiger partial charge in [0.2, 0.25) is 5.91 Å². The molecule has 0 bridgehead atoms. The standard InChI is InChI=1S/C19H21ClN2O4S/c1-4-22-15-10-9-13(11-16(15)26-12-19(2,3)18(22)23)21-27(24,25)17-8-6-5-7-14(17)20/h5-11,21H,4,12H2,1-3H3. The van der Waals surface area contributed by atoms with Gasteiger partial charge in [0.15, 0.2) is 0 Å². The predicted octanol–water partition coefficient (Wildman–Crippen LogP) is 3.91. The second-order valence-electron chi connectivity index (χ2n) is 6.94. The summed E-state index contributed by atoms with van der Waals surface area (Å²) in [6, 6.07) is 11.1. The number of anilines is 2. The molecule has 0 unspecified atom stereocenters. The van der Waals surface area contributed by atoms with Crippen LogP contribution < -0.4 is 14.4 Å². The average molecular weight is 409 g/mol. The van der Waals surface area contributed by atoms with E-state index >= 15 is 0 Å². The van der Waals surface area contributed by atoms with E-state index in [9.17, 15) is 13.2 Å². The van der Waals surface area contributed by atoms with Crippen molar-refractivity contribution in [3.8, 4) is 5.75 Å². The molecule has 1 aliphatic heterocycles. The fourth-order valence-electron chi connectivity index (χ4n) is 2.90. The molecule has 0 saturated carbocycles. The van der Waals surface area contributed by atoms with Crippen molar-refractivity contribution in [1.82, 2.24) is 0 Å². The molecule has 8 heteroatoms. The predicted molar refractivity (Wildman–Crippen MR) is 106 cm³/mol. The highest BCUT2D eigenvalue weighted by atomic mass is 35.5. The normalized spacial score (nSPS) is 16.3. The zero-order chi connectivity index (χ0) is 19.8. The minimum absolute atomic E-state index is 0.00553. The maximum Gasteiger partial charge on any atom is 0.263 e. The lowest BCUT2D eigenvalue weighted by Gasteiger charge is -2.26. The summed E-state index contributed by atoms with van der Waals surface area (Å²) in [7, 11) is -3.85. The second kappa shape index (κ2) is 7.05. The summed E-state index contributed by atoms with van der Waals surface area (Å²) in [5.74, 6) is 0.420. The molecular weight excluding hydrogens is 388 g/mol. The van der Waals surface area contributed by atoms with Crippen molar-refractivity contribution in [1.29, 1.82) is 0 Å². The van der Waals surface area contributed by atoms with Crippen LogP contribution in [0.5, 0.6) is 5.75 Å². The summed E-state index contributed by atoms with van der Waals surface area (Å²) in [6.45, 7) is 6.23. The topological polar surface area (TPSA) is 75.7 Å². The number of nitrogens with zero attached hydrogens (tertiary/aromatic N) is 1. The number of hydrogen-bond acceptors (Lipinski definition) is 4. The van der Waals surface area contributed by atoms with Crippen molar-refractivity contribution in [2.75, 3.05) is 22.8 Å². The molecule has 27 heavy (non-hydrogen) atoms. The van der Waals surface area contributed by atoms with Gasteiger partial charge in [0, 0.05) is 12.6 Å². The molecule has 2 aromatic carbocycles. The molecule has 144 valence electrons. The third kappa shape index (κ3) is 3.75. The number of ether oxygens (including phenoxy) is 1. The van der Waals surface area contributed by atoms with E-state index < -0.39 is 15.4 Å². The maximum absolute atomic E-state index is 12.7. The smallest absolute Gasteiger partial charge is 0.263 e. The van der Waals surface area contributed by atoms with Crippen LogP contribution in [0.15, 0.2) is 47.4 Å². The average Bonchev–Trinajstić information content (AvgIpc) is 2.70. The van der Waals surface area contributed by atoms with E-state index in [0.29, 0.717) is 23.7 Å². The van der Waals surface area contributed by atoms with Gasteiger partial charge in [-0.1, -0.05) is 23.7 Å². The van der Waals surface area contributed by atoms with Gasteiger partial charge in [0.1, 0.15) is 17.3 Å². The van der Waals surface area contributed by atoms with E-state index in [4.69, 9.17) is 16.3 Å². The number of nitrogens with one attached hydrogen (secondary N) is 1. The van der Waals surface area contributed by atoms with Crippen molar-refractivity contribution >= 4 is 38.9 Å². The van der Waals surface area contributed by atoms with Gasteiger partial charge < -0.3 is 9.64 Å². The van der Waals surface area contributed by atoms with E-state index in [-0.39, 0.29) is 22.4 Å². The fourth-order valence-corrected chi connectivity index (χ4v) is 4.47. The molecule has 1 amide bonds. The first kappa shape index (κ1) is 19.5. The highest BCUT2D eigenvalue weighted by Gasteiger charge is 2.37. The van der Waals surface area contributed by atoms with E-state index in [1.165, 1.54) is 12.1 Å². The van der Waals surface area contributed by atoms with Crippen LogP contribution in [-0.2, 0) is 14.8 Å². The Kier molecular flexibility index (Phi) is 5.10. The molecule has 1 heterocycles. The van der Waals surface area contributed by atoms with Crippen molar-refractivity contribution in [2.45, 2.75) is 25.7 Å². The molecule has 1 N–H and O–H groups in total. The van der Waals surface area contributed by atoms with Gasteiger partial charge in [-0.25, -0.2) is 8.42 Å². The molecule has 0 atom stereocenters. The Morgan fingerprint density at radius 3 is 2.59 bits per heavy atom. The quantitative estimate of drug-likeness (QED) is 0.832. The molecule has 0 aliphatic carbocycles. The van der Waals surface area contributed by atoms with Gasteiger partial charge >= 0.3 is 0 Å². The van der Waals surface area contributed by atoms with Crippen LogP contribution >= 0.6 is 11.6 Å². The first-order valence-electron chi connectivity index (χ1n) is 8.52. The maximum atomic E-state index is 12.7. The lowest BCUT2D eigenvalue weighted by Crippen LogP contribution is -2.42.